The summed E-state index contributed by atoms with van der Waals surface area (Å²) in [6.45, 7) is 0. The van der Waals surface area contributed by atoms with E-state index < -0.39 is 5.56 Å². The van der Waals surface area contributed by atoms with E-state index in [4.69, 9.17) is 5.11 Å². The van der Waals surface area contributed by atoms with Crippen LogP contribution in [0, 0.1) is 5.13 Å². The van der Waals surface area contributed by atoms with Gasteiger partial charge in [0.1, 0.15) is 0 Å². The lowest BCUT2D eigenvalue weighted by atomic mass is 10.4. The molecule has 0 radical (unpaired) electrons. The van der Waals surface area contributed by atoms with E-state index in [-0.39, 0.29) is 10.9 Å². The minimum absolute atomic E-state index is 0.383. The van der Waals surface area contributed by atoms with Crippen LogP contribution >= 0.6 is 11.3 Å². The van der Waals surface area contributed by atoms with Crippen LogP contribution in [0.2, 0.25) is 0 Å². The van der Waals surface area contributed by atoms with Gasteiger partial charge in [-0.3, -0.25) is 4.79 Å². The molecule has 0 unspecified atom stereocenters. The number of fused-ring (bicyclic) bond motifs is 1. The van der Waals surface area contributed by atoms with E-state index in [1.165, 1.54) is 12.1 Å². The van der Waals surface area contributed by atoms with E-state index in [9.17, 15) is 9.18 Å². The Morgan fingerprint density at radius 1 is 1.50 bits per heavy atom. The Bertz CT molecular complexity index is 488. The third-order valence-corrected chi connectivity index (χ3v) is 2.35. The van der Waals surface area contributed by atoms with Gasteiger partial charge in [0.2, 0.25) is 0 Å². The Morgan fingerprint density at radius 3 is 3.00 bits per heavy atom. The first-order valence-electron chi connectivity index (χ1n) is 3.18. The third-order valence-electron chi connectivity index (χ3n) is 1.48. The highest BCUT2D eigenvalue weighted by Crippen LogP contribution is 2.23. The van der Waals surface area contributed by atoms with Gasteiger partial charge < -0.3 is 10.1 Å². The van der Waals surface area contributed by atoms with Gasteiger partial charge in [-0.2, -0.15) is 4.39 Å². The fourth-order valence-electron chi connectivity index (χ4n) is 0.955. The second kappa shape index (κ2) is 2.31. The fourth-order valence-corrected chi connectivity index (χ4v) is 1.73. The quantitative estimate of drug-likeness (QED) is 0.652. The molecular formula is C7H4FNO2S. The maximum Gasteiger partial charge on any atom is 0.290 e. The highest BCUT2D eigenvalue weighted by Gasteiger charge is 2.04. The predicted molar refractivity (Wildman–Crippen MR) is 44.1 cm³/mol. The van der Waals surface area contributed by atoms with Crippen molar-refractivity contribution in [2.75, 3.05) is 0 Å². The number of hydrogen-bond acceptors (Lipinski definition) is 3. The number of H-pyrrole nitrogens is 1. The molecule has 0 saturated heterocycles. The van der Waals surface area contributed by atoms with Crippen LogP contribution in [-0.4, -0.2) is 10.1 Å². The molecule has 0 atom stereocenters. The monoisotopic (exact) mass is 185 g/mol. The molecule has 0 amide bonds. The normalized spacial score (nSPS) is 10.8. The molecule has 0 aliphatic carbocycles. The van der Waals surface area contributed by atoms with Crippen LogP contribution in [0.1, 0.15) is 0 Å². The molecule has 0 bridgehead atoms. The zero-order chi connectivity index (χ0) is 8.72. The van der Waals surface area contributed by atoms with Crippen LogP contribution in [0.15, 0.2) is 16.9 Å². The van der Waals surface area contributed by atoms with Gasteiger partial charge in [-0.15, -0.1) is 11.3 Å². The Kier molecular flexibility index (Phi) is 1.41. The van der Waals surface area contributed by atoms with E-state index in [0.717, 1.165) is 11.3 Å². The number of halogens is 1. The van der Waals surface area contributed by atoms with Gasteiger partial charge in [0.15, 0.2) is 10.9 Å². The summed E-state index contributed by atoms with van der Waals surface area (Å²) in [6.07, 6.45) is 0. The van der Waals surface area contributed by atoms with E-state index in [1.807, 2.05) is 0 Å². The minimum atomic E-state index is -0.597. The molecule has 0 spiro atoms. The maximum absolute atomic E-state index is 12.6. The molecule has 3 nitrogen and oxygen atoms in total. The number of aromatic nitrogens is 1. The molecule has 2 N–H and O–H groups in total. The first kappa shape index (κ1) is 7.30. The largest absolute Gasteiger partial charge is 0.503 e. The molecule has 0 saturated carbocycles. The summed E-state index contributed by atoms with van der Waals surface area (Å²) in [7, 11) is 0. The van der Waals surface area contributed by atoms with E-state index >= 15 is 0 Å². The molecule has 0 aromatic carbocycles. The van der Waals surface area contributed by atoms with Crippen LogP contribution in [0.3, 0.4) is 0 Å². The number of thiophene rings is 1. The summed E-state index contributed by atoms with van der Waals surface area (Å²) < 4.78 is 13.1. The average molecular weight is 185 g/mol. The predicted octanol–water partition coefficient (Wildman–Crippen LogP) is 1.43. The van der Waals surface area contributed by atoms with E-state index in [1.54, 1.807) is 0 Å². The van der Waals surface area contributed by atoms with E-state index in [0.29, 0.717) is 10.2 Å². The summed E-state index contributed by atoms with van der Waals surface area (Å²) in [5.74, 6) is -0.385. The van der Waals surface area contributed by atoms with Crippen LogP contribution in [-0.2, 0) is 0 Å². The lowest BCUT2D eigenvalue weighted by Crippen LogP contribution is -2.02. The van der Waals surface area contributed by atoms with Gasteiger partial charge >= 0.3 is 0 Å². The number of pyridine rings is 1. The van der Waals surface area contributed by atoms with Crippen molar-refractivity contribution in [2.24, 2.45) is 0 Å². The smallest absolute Gasteiger partial charge is 0.290 e. The Balaban J connectivity index is 2.92. The number of hydrogen-bond donors (Lipinski definition) is 2. The summed E-state index contributed by atoms with van der Waals surface area (Å²) in [5.41, 5.74) is -0.180. The molecule has 12 heavy (non-hydrogen) atoms. The Hall–Kier alpha value is -1.36. The van der Waals surface area contributed by atoms with Crippen molar-refractivity contribution >= 4 is 21.6 Å². The topological polar surface area (TPSA) is 53.1 Å². The molecule has 62 valence electrons. The summed E-state index contributed by atoms with van der Waals surface area (Å²) in [6, 6.07) is 2.47. The third kappa shape index (κ3) is 0.984. The Labute approximate surface area is 70.1 Å². The SMILES string of the molecule is O=c1[nH]c2cc(F)sc2cc1O. The molecule has 2 heterocycles. The van der Waals surface area contributed by atoms with Crippen molar-refractivity contribution in [3.8, 4) is 5.75 Å². The molecule has 2 rings (SSSR count). The average Bonchev–Trinajstić information content (AvgIpc) is 2.30. The van der Waals surface area contributed by atoms with Crippen molar-refractivity contribution < 1.29 is 9.50 Å². The van der Waals surface area contributed by atoms with Crippen LogP contribution < -0.4 is 5.56 Å². The maximum atomic E-state index is 12.6. The van der Waals surface area contributed by atoms with Crippen LogP contribution in [0.5, 0.6) is 5.75 Å². The standard InChI is InChI=1S/C7H4FNO2S/c8-6-1-3-5(12-6)2-4(10)7(11)9-3/h1-2,10H,(H,9,11). The molecule has 2 aromatic heterocycles. The zero-order valence-electron chi connectivity index (χ0n) is 5.80. The van der Waals surface area contributed by atoms with Crippen molar-refractivity contribution in [3.63, 3.8) is 0 Å². The molecule has 2 aromatic rings. The number of nitrogens with one attached hydrogen (secondary N) is 1. The van der Waals surface area contributed by atoms with Gasteiger partial charge in [0, 0.05) is 12.1 Å². The second-order valence-electron chi connectivity index (χ2n) is 2.31. The zero-order valence-corrected chi connectivity index (χ0v) is 6.61. The van der Waals surface area contributed by atoms with Crippen LogP contribution in [0.25, 0.3) is 10.2 Å². The highest BCUT2D eigenvalue weighted by atomic mass is 32.1. The van der Waals surface area contributed by atoms with E-state index in [2.05, 4.69) is 4.98 Å². The Morgan fingerprint density at radius 2 is 2.25 bits per heavy atom. The summed E-state index contributed by atoms with van der Waals surface area (Å²) >= 11 is 0.878. The molecule has 0 aliphatic heterocycles. The van der Waals surface area contributed by atoms with Crippen LogP contribution in [0.4, 0.5) is 4.39 Å². The molecule has 5 heteroatoms. The minimum Gasteiger partial charge on any atom is -0.503 e. The van der Waals surface area contributed by atoms with Crippen molar-refractivity contribution in [2.45, 2.75) is 0 Å². The lowest BCUT2D eigenvalue weighted by Gasteiger charge is -1.89. The number of aromatic hydroxyl groups is 1. The first-order valence-corrected chi connectivity index (χ1v) is 4.00. The van der Waals surface area contributed by atoms with Gasteiger partial charge in [0.25, 0.3) is 5.56 Å². The van der Waals surface area contributed by atoms with Crippen molar-refractivity contribution in [1.82, 2.24) is 4.98 Å². The molecular weight excluding hydrogens is 181 g/mol. The van der Waals surface area contributed by atoms with Gasteiger partial charge in [0.05, 0.1) is 10.2 Å². The summed E-state index contributed by atoms with van der Waals surface area (Å²) in [5, 5.41) is 8.58. The lowest BCUT2D eigenvalue weighted by molar-refractivity contribution is 0.468. The van der Waals surface area contributed by atoms with Crippen molar-refractivity contribution in [1.29, 1.82) is 0 Å². The van der Waals surface area contributed by atoms with Gasteiger partial charge in [-0.25, -0.2) is 0 Å². The number of rotatable bonds is 0. The molecule has 0 fully saturated rings. The van der Waals surface area contributed by atoms with Gasteiger partial charge in [-0.05, 0) is 0 Å². The number of aromatic amines is 1. The second-order valence-corrected chi connectivity index (χ2v) is 3.35. The summed E-state index contributed by atoms with van der Waals surface area (Å²) in [4.78, 5) is 13.2. The first-order chi connectivity index (χ1) is 5.66. The molecule has 0 aliphatic rings. The highest BCUT2D eigenvalue weighted by molar-refractivity contribution is 7.17. The van der Waals surface area contributed by atoms with Crippen molar-refractivity contribution in [3.05, 3.63) is 27.6 Å². The van der Waals surface area contributed by atoms with Gasteiger partial charge in [-0.1, -0.05) is 0 Å². The fraction of sp³-hybridized carbons (Fsp3) is 0.